The normalized spacial score (nSPS) is 23.1. The van der Waals surface area contributed by atoms with Crippen LogP contribution in [0.5, 0.6) is 0 Å². The van der Waals surface area contributed by atoms with E-state index in [1.165, 1.54) is 28.7 Å². The van der Waals surface area contributed by atoms with E-state index in [-0.39, 0.29) is 0 Å². The van der Waals surface area contributed by atoms with Gasteiger partial charge >= 0.3 is 136 Å². The minimum atomic E-state index is 0.572. The molecule has 0 radical (unpaired) electrons. The van der Waals surface area contributed by atoms with Gasteiger partial charge in [0.1, 0.15) is 0 Å². The predicted octanol–water partition coefficient (Wildman–Crippen LogP) is 4.95. The van der Waals surface area contributed by atoms with E-state index in [9.17, 15) is 0 Å². The topological polar surface area (TPSA) is 0 Å². The Labute approximate surface area is 135 Å². The van der Waals surface area contributed by atoms with Gasteiger partial charge in [-0.1, -0.05) is 0 Å². The average Bonchev–Trinajstić information content (AvgIpc) is 3.12. The second kappa shape index (κ2) is 5.37. The summed E-state index contributed by atoms with van der Waals surface area (Å²) < 4.78 is 0.658. The van der Waals surface area contributed by atoms with Crippen molar-refractivity contribution in [2.45, 2.75) is 22.8 Å². The molecule has 0 heterocycles. The first-order valence-corrected chi connectivity index (χ1v) is 7.87. The van der Waals surface area contributed by atoms with E-state index >= 15 is 0 Å². The molecular weight excluding hydrogens is 247 g/mol. The molecule has 0 spiro atoms. The van der Waals surface area contributed by atoms with Gasteiger partial charge in [0.15, 0.2) is 0 Å². The number of benzene rings is 2. The van der Waals surface area contributed by atoms with Crippen LogP contribution in [-0.4, -0.2) is 17.7 Å². The molecule has 0 aliphatic heterocycles. The molecule has 0 saturated heterocycles. The molecule has 3 unspecified atom stereocenters. The third kappa shape index (κ3) is 2.33. The van der Waals surface area contributed by atoms with Crippen molar-refractivity contribution < 1.29 is 0 Å². The molecule has 21 heavy (non-hydrogen) atoms. The van der Waals surface area contributed by atoms with Gasteiger partial charge in [0, 0.05) is 0 Å². The molecule has 2 aliphatic rings. The Morgan fingerprint density at radius 3 is 2.24 bits per heavy atom. The van der Waals surface area contributed by atoms with E-state index in [0.717, 1.165) is 0 Å². The summed E-state index contributed by atoms with van der Waals surface area (Å²) in [6.07, 6.45) is 10.6. The summed E-state index contributed by atoms with van der Waals surface area (Å²) in [5.41, 5.74) is 5.80. The van der Waals surface area contributed by atoms with Crippen LogP contribution in [0.15, 0.2) is 60.7 Å². The summed E-state index contributed by atoms with van der Waals surface area (Å²) in [6.45, 7) is 0. The second-order valence-electron chi connectivity index (χ2n) is 6.32. The summed E-state index contributed by atoms with van der Waals surface area (Å²) in [7, 11) is 0. The SMILES string of the molecule is [Li][CH](CC1C=Cc2ccccc21)C1C=Cc2ccccc21. The summed E-state index contributed by atoms with van der Waals surface area (Å²) in [5, 5.41) is 0. The van der Waals surface area contributed by atoms with Gasteiger partial charge in [0.2, 0.25) is 0 Å². The fraction of sp³-hybridized carbons (Fsp3) is 0.200. The Kier molecular flexibility index (Phi) is 3.38. The van der Waals surface area contributed by atoms with Crippen molar-refractivity contribution in [1.29, 1.82) is 0 Å². The number of hydrogen-bond donors (Lipinski definition) is 0. The van der Waals surface area contributed by atoms with Gasteiger partial charge < -0.3 is 0 Å². The number of fused-ring (bicyclic) bond motifs is 2. The van der Waals surface area contributed by atoms with Crippen molar-refractivity contribution in [3.05, 3.63) is 82.9 Å². The molecule has 98 valence electrons. The van der Waals surface area contributed by atoms with E-state index < -0.39 is 0 Å². The Hall–Kier alpha value is -1.48. The number of allylic oxidation sites excluding steroid dienone is 2. The van der Waals surface area contributed by atoms with E-state index in [2.05, 4.69) is 90.6 Å². The van der Waals surface area contributed by atoms with Crippen molar-refractivity contribution in [3.63, 3.8) is 0 Å². The first-order chi connectivity index (χ1) is 10.3. The Bertz CT molecular complexity index is 726. The fourth-order valence-corrected chi connectivity index (χ4v) is 3.85. The van der Waals surface area contributed by atoms with Crippen LogP contribution in [0.4, 0.5) is 0 Å². The summed E-state index contributed by atoms with van der Waals surface area (Å²) in [6, 6.07) is 17.6. The van der Waals surface area contributed by atoms with Crippen LogP contribution in [0.1, 0.15) is 40.5 Å². The molecule has 0 amide bonds. The summed E-state index contributed by atoms with van der Waals surface area (Å²) >= 11 is 2.39. The quantitative estimate of drug-likeness (QED) is 0.688. The fourth-order valence-electron chi connectivity index (χ4n) is 3.85. The maximum atomic E-state index is 2.39. The Morgan fingerprint density at radius 1 is 0.810 bits per heavy atom. The van der Waals surface area contributed by atoms with E-state index in [0.29, 0.717) is 16.4 Å². The molecule has 2 aromatic carbocycles. The molecule has 0 fully saturated rings. The molecule has 0 aromatic heterocycles. The van der Waals surface area contributed by atoms with Crippen LogP contribution in [0.25, 0.3) is 12.2 Å². The summed E-state index contributed by atoms with van der Waals surface area (Å²) in [4.78, 5) is 0. The minimum absolute atomic E-state index is 0.572. The molecule has 0 N–H and O–H groups in total. The van der Waals surface area contributed by atoms with Crippen molar-refractivity contribution in [2.24, 2.45) is 0 Å². The molecule has 0 bridgehead atoms. The van der Waals surface area contributed by atoms with Gasteiger partial charge in [0.25, 0.3) is 0 Å². The molecule has 1 heteroatoms. The maximum absolute atomic E-state index is 2.39. The van der Waals surface area contributed by atoms with Crippen LogP contribution in [0.3, 0.4) is 0 Å². The second-order valence-corrected chi connectivity index (χ2v) is 6.32. The molecular formula is C20H17Li. The van der Waals surface area contributed by atoms with E-state index in [1.54, 1.807) is 0 Å². The summed E-state index contributed by atoms with van der Waals surface area (Å²) in [5.74, 6) is 1.15. The predicted molar refractivity (Wildman–Crippen MR) is 90.6 cm³/mol. The number of hydrogen-bond acceptors (Lipinski definition) is 0. The monoisotopic (exact) mass is 264 g/mol. The van der Waals surface area contributed by atoms with Crippen molar-refractivity contribution in [3.8, 4) is 0 Å². The van der Waals surface area contributed by atoms with Gasteiger partial charge in [-0.3, -0.25) is 0 Å². The third-order valence-corrected chi connectivity index (χ3v) is 4.98. The van der Waals surface area contributed by atoms with E-state index in [4.69, 9.17) is 0 Å². The Balaban J connectivity index is 1.55. The van der Waals surface area contributed by atoms with Crippen molar-refractivity contribution in [2.75, 3.05) is 0 Å². The molecule has 2 aromatic rings. The van der Waals surface area contributed by atoms with Crippen molar-refractivity contribution >= 4 is 29.9 Å². The molecule has 4 rings (SSSR count). The van der Waals surface area contributed by atoms with E-state index in [1.807, 2.05) is 0 Å². The molecule has 0 saturated carbocycles. The molecule has 0 nitrogen and oxygen atoms in total. The zero-order chi connectivity index (χ0) is 14.2. The van der Waals surface area contributed by atoms with Crippen LogP contribution < -0.4 is 0 Å². The first-order valence-electron chi connectivity index (χ1n) is 7.87. The zero-order valence-electron chi connectivity index (χ0n) is 12.4. The molecule has 3 atom stereocenters. The van der Waals surface area contributed by atoms with Crippen LogP contribution >= 0.6 is 0 Å². The van der Waals surface area contributed by atoms with Crippen molar-refractivity contribution in [1.82, 2.24) is 0 Å². The van der Waals surface area contributed by atoms with Gasteiger partial charge in [-0.2, -0.15) is 0 Å². The van der Waals surface area contributed by atoms with Gasteiger partial charge in [0.05, 0.1) is 0 Å². The first kappa shape index (κ1) is 13.2. The van der Waals surface area contributed by atoms with Gasteiger partial charge in [-0.25, -0.2) is 0 Å². The zero-order valence-corrected chi connectivity index (χ0v) is 12.4. The number of rotatable bonds is 3. The van der Waals surface area contributed by atoms with Crippen LogP contribution in [0.2, 0.25) is 4.59 Å². The standard InChI is InChI=1S/C20H17.Li/c1-3-7-19-15(5-1)9-11-17(19)13-14-18-12-10-16-6-2-4-8-20(16)18;/h1-13,17-18H,14H2;. The average molecular weight is 264 g/mol. The van der Waals surface area contributed by atoms with Crippen LogP contribution in [-0.2, 0) is 0 Å². The molecule has 2 aliphatic carbocycles. The third-order valence-electron chi connectivity index (χ3n) is 4.98. The van der Waals surface area contributed by atoms with Gasteiger partial charge in [-0.05, 0) is 0 Å². The Morgan fingerprint density at radius 2 is 1.43 bits per heavy atom. The van der Waals surface area contributed by atoms with Crippen LogP contribution in [0, 0.1) is 0 Å². The van der Waals surface area contributed by atoms with Gasteiger partial charge in [-0.15, -0.1) is 0 Å².